The topological polar surface area (TPSA) is 38.3 Å². The summed E-state index contributed by atoms with van der Waals surface area (Å²) < 4.78 is 5.41. The quantitative estimate of drug-likeness (QED) is 0.579. The number of ether oxygens (including phenoxy) is 1. The Balaban J connectivity index is 3.45. The third-order valence-corrected chi connectivity index (χ3v) is 2.98. The molecular formula is C10H19NO2S2. The van der Waals surface area contributed by atoms with E-state index in [2.05, 4.69) is 12.2 Å². The molecule has 0 atom stereocenters. The fourth-order valence-electron chi connectivity index (χ4n) is 0.774. The predicted octanol–water partition coefficient (Wildman–Crippen LogP) is 3.33. The zero-order chi connectivity index (χ0) is 11.5. The lowest BCUT2D eigenvalue weighted by Crippen LogP contribution is -2.28. The predicted molar refractivity (Wildman–Crippen MR) is 69.4 cm³/mol. The van der Waals surface area contributed by atoms with Gasteiger partial charge < -0.3 is 4.74 Å². The van der Waals surface area contributed by atoms with Gasteiger partial charge in [-0.1, -0.05) is 50.7 Å². The third kappa shape index (κ3) is 10.0. The van der Waals surface area contributed by atoms with Crippen LogP contribution in [0.3, 0.4) is 0 Å². The number of carbonyl (C=O) groups is 1. The van der Waals surface area contributed by atoms with Crippen LogP contribution in [0.5, 0.6) is 0 Å². The van der Waals surface area contributed by atoms with Crippen molar-refractivity contribution in [1.82, 2.24) is 5.32 Å². The molecule has 0 aromatic carbocycles. The van der Waals surface area contributed by atoms with Crippen molar-refractivity contribution in [2.24, 2.45) is 0 Å². The van der Waals surface area contributed by atoms with Crippen LogP contribution in [0.1, 0.15) is 39.5 Å². The highest BCUT2D eigenvalue weighted by molar-refractivity contribution is 8.23. The highest BCUT2D eigenvalue weighted by Gasteiger charge is 2.04. The van der Waals surface area contributed by atoms with Crippen molar-refractivity contribution in [3.8, 4) is 0 Å². The number of thiocarbonyl (C=S) groups is 1. The largest absolute Gasteiger partial charge is 0.449 e. The van der Waals surface area contributed by atoms with Gasteiger partial charge in [0.05, 0.1) is 6.61 Å². The smallest absolute Gasteiger partial charge is 0.412 e. The van der Waals surface area contributed by atoms with Crippen LogP contribution in [0.25, 0.3) is 0 Å². The van der Waals surface area contributed by atoms with E-state index in [0.717, 1.165) is 31.4 Å². The lowest BCUT2D eigenvalue weighted by molar-refractivity contribution is 0.150. The molecule has 15 heavy (non-hydrogen) atoms. The van der Waals surface area contributed by atoms with Gasteiger partial charge in [0, 0.05) is 5.75 Å². The van der Waals surface area contributed by atoms with Crippen molar-refractivity contribution in [3.63, 3.8) is 0 Å². The first-order chi connectivity index (χ1) is 7.20. The van der Waals surface area contributed by atoms with E-state index in [9.17, 15) is 4.79 Å². The highest BCUT2D eigenvalue weighted by atomic mass is 32.2. The minimum absolute atomic E-state index is 0.433. The van der Waals surface area contributed by atoms with Crippen LogP contribution >= 0.6 is 24.0 Å². The van der Waals surface area contributed by atoms with E-state index in [-0.39, 0.29) is 0 Å². The summed E-state index contributed by atoms with van der Waals surface area (Å²) in [5.41, 5.74) is 0. The van der Waals surface area contributed by atoms with Crippen LogP contribution in [0.4, 0.5) is 4.79 Å². The number of thioether (sulfide) groups is 1. The van der Waals surface area contributed by atoms with Gasteiger partial charge in [0.1, 0.15) is 4.32 Å². The Bertz CT molecular complexity index is 178. The van der Waals surface area contributed by atoms with E-state index in [1.807, 2.05) is 6.92 Å². The van der Waals surface area contributed by atoms with Crippen molar-refractivity contribution in [2.45, 2.75) is 39.5 Å². The Kier molecular flexibility index (Phi) is 10.0. The zero-order valence-electron chi connectivity index (χ0n) is 9.38. The van der Waals surface area contributed by atoms with E-state index in [0.29, 0.717) is 10.9 Å². The number of amides is 1. The molecule has 0 rings (SSSR count). The SMILES string of the molecule is CCCCOC(=O)NC(=S)SCCCC. The van der Waals surface area contributed by atoms with Crippen LogP contribution in [0.2, 0.25) is 0 Å². The standard InChI is InChI=1S/C10H19NO2S2/c1-3-5-7-13-9(12)11-10(14)15-8-6-4-2/h3-8H2,1-2H3,(H,11,12,14). The van der Waals surface area contributed by atoms with Crippen molar-refractivity contribution < 1.29 is 9.53 Å². The molecule has 0 aromatic rings. The second-order valence-electron chi connectivity index (χ2n) is 3.10. The summed E-state index contributed by atoms with van der Waals surface area (Å²) in [4.78, 5) is 11.1. The van der Waals surface area contributed by atoms with Crippen LogP contribution in [-0.2, 0) is 4.74 Å². The van der Waals surface area contributed by atoms with Gasteiger partial charge in [-0.25, -0.2) is 4.79 Å². The molecule has 0 saturated heterocycles. The molecule has 0 fully saturated rings. The number of nitrogens with one attached hydrogen (secondary N) is 1. The third-order valence-electron chi connectivity index (χ3n) is 1.67. The molecule has 0 aliphatic heterocycles. The van der Waals surface area contributed by atoms with Gasteiger partial charge in [0.2, 0.25) is 0 Å². The number of unbranched alkanes of at least 4 members (excludes halogenated alkanes) is 2. The average molecular weight is 249 g/mol. The second-order valence-corrected chi connectivity index (χ2v) is 4.88. The summed E-state index contributed by atoms with van der Waals surface area (Å²) in [6.45, 7) is 4.63. The molecule has 0 aliphatic rings. The van der Waals surface area contributed by atoms with Crippen molar-refractivity contribution in [1.29, 1.82) is 0 Å². The molecule has 0 saturated carbocycles. The minimum Gasteiger partial charge on any atom is -0.449 e. The van der Waals surface area contributed by atoms with Crippen LogP contribution in [-0.4, -0.2) is 22.8 Å². The summed E-state index contributed by atoms with van der Waals surface area (Å²) in [5.74, 6) is 0.949. The molecule has 0 spiro atoms. The fourth-order valence-corrected chi connectivity index (χ4v) is 1.88. The Morgan fingerprint density at radius 2 is 2.00 bits per heavy atom. The summed E-state index contributed by atoms with van der Waals surface area (Å²) >= 11 is 6.46. The summed E-state index contributed by atoms with van der Waals surface area (Å²) in [7, 11) is 0. The maximum atomic E-state index is 11.1. The Morgan fingerprint density at radius 3 is 2.60 bits per heavy atom. The minimum atomic E-state index is -0.433. The van der Waals surface area contributed by atoms with Gasteiger partial charge in [-0.15, -0.1) is 0 Å². The molecule has 1 amide bonds. The molecule has 0 radical (unpaired) electrons. The Labute approximate surface area is 101 Å². The first-order valence-corrected chi connectivity index (χ1v) is 6.70. The molecular weight excluding hydrogens is 230 g/mol. The first-order valence-electron chi connectivity index (χ1n) is 5.31. The molecule has 88 valence electrons. The Hall–Kier alpha value is -0.290. The maximum Gasteiger partial charge on any atom is 0.412 e. The van der Waals surface area contributed by atoms with Crippen LogP contribution in [0.15, 0.2) is 0 Å². The van der Waals surface area contributed by atoms with Gasteiger partial charge in [0.15, 0.2) is 0 Å². The van der Waals surface area contributed by atoms with E-state index in [1.54, 1.807) is 0 Å². The Morgan fingerprint density at radius 1 is 1.33 bits per heavy atom. The average Bonchev–Trinajstić information content (AvgIpc) is 2.18. The molecule has 0 bridgehead atoms. The maximum absolute atomic E-state index is 11.1. The zero-order valence-corrected chi connectivity index (χ0v) is 11.0. The van der Waals surface area contributed by atoms with Gasteiger partial charge in [0.25, 0.3) is 0 Å². The highest BCUT2D eigenvalue weighted by Crippen LogP contribution is 2.05. The summed E-state index contributed by atoms with van der Waals surface area (Å²) in [5, 5.41) is 2.53. The molecule has 0 heterocycles. The normalized spacial score (nSPS) is 9.73. The van der Waals surface area contributed by atoms with Crippen molar-refractivity contribution >= 4 is 34.4 Å². The van der Waals surface area contributed by atoms with E-state index in [1.165, 1.54) is 11.8 Å². The number of carbonyl (C=O) groups excluding carboxylic acids is 1. The molecule has 0 aromatic heterocycles. The molecule has 0 unspecified atom stereocenters. The number of hydrogen-bond acceptors (Lipinski definition) is 4. The number of hydrogen-bond donors (Lipinski definition) is 1. The summed E-state index contributed by atoms with van der Waals surface area (Å²) in [6, 6.07) is 0. The van der Waals surface area contributed by atoms with Crippen molar-refractivity contribution in [3.05, 3.63) is 0 Å². The van der Waals surface area contributed by atoms with Gasteiger partial charge in [-0.2, -0.15) is 0 Å². The number of alkyl carbamates (subject to hydrolysis) is 1. The molecule has 1 N–H and O–H groups in total. The van der Waals surface area contributed by atoms with Crippen molar-refractivity contribution in [2.75, 3.05) is 12.4 Å². The molecule has 5 heteroatoms. The van der Waals surface area contributed by atoms with Crippen LogP contribution < -0.4 is 5.32 Å². The lowest BCUT2D eigenvalue weighted by atomic mass is 10.4. The second kappa shape index (κ2) is 10.2. The van der Waals surface area contributed by atoms with E-state index in [4.69, 9.17) is 17.0 Å². The van der Waals surface area contributed by atoms with E-state index < -0.39 is 6.09 Å². The lowest BCUT2D eigenvalue weighted by Gasteiger charge is -2.06. The summed E-state index contributed by atoms with van der Waals surface area (Å²) in [6.07, 6.45) is 3.72. The molecule has 3 nitrogen and oxygen atoms in total. The first kappa shape index (κ1) is 14.7. The van der Waals surface area contributed by atoms with Crippen LogP contribution in [0, 0.1) is 0 Å². The van der Waals surface area contributed by atoms with Gasteiger partial charge in [-0.3, -0.25) is 5.32 Å². The number of rotatable bonds is 6. The van der Waals surface area contributed by atoms with E-state index >= 15 is 0 Å². The monoisotopic (exact) mass is 249 g/mol. The van der Waals surface area contributed by atoms with Gasteiger partial charge >= 0.3 is 6.09 Å². The molecule has 0 aliphatic carbocycles. The van der Waals surface area contributed by atoms with Gasteiger partial charge in [-0.05, 0) is 12.8 Å². The fraction of sp³-hybridized carbons (Fsp3) is 0.800.